The van der Waals surface area contributed by atoms with Crippen LogP contribution in [-0.4, -0.2) is 0 Å². The molecule has 84 valence electrons. The summed E-state index contributed by atoms with van der Waals surface area (Å²) < 4.78 is 0. The van der Waals surface area contributed by atoms with Gasteiger partial charge in [0.05, 0.1) is 0 Å². The highest BCUT2D eigenvalue weighted by atomic mass is 14.3. The largest absolute Gasteiger partial charge is 0.192 e. The van der Waals surface area contributed by atoms with E-state index in [2.05, 4.69) is 0 Å². The average Bonchev–Trinajstić information content (AvgIpc) is 2.37. The third-order valence-corrected chi connectivity index (χ3v) is 2.56. The predicted molar refractivity (Wildman–Crippen MR) is 64.4 cm³/mol. The quantitative estimate of drug-likeness (QED) is 0.657. The summed E-state index contributed by atoms with van der Waals surface area (Å²) in [4.78, 5) is 0. The van der Waals surface area contributed by atoms with E-state index in [1.165, 1.54) is 0 Å². The lowest BCUT2D eigenvalue weighted by Crippen LogP contribution is -2.19. The fourth-order valence-electron chi connectivity index (χ4n) is 1.65. The SMILES string of the molecule is Cc1cc(=C(C#N)C#N)c(C)cc1=C(C#N)C#N. The fraction of sp³-hybridized carbons (Fsp3) is 0.143. The molecule has 4 heteroatoms. The Kier molecular flexibility index (Phi) is 3.83. The highest BCUT2D eigenvalue weighted by Gasteiger charge is 2.03. The Hall–Kier alpha value is -3.08. The standard InChI is InChI=1S/C14H8N4/c1-9-3-14(12(7-17)8-18)10(2)4-13(9)11(5-15)6-16/h3-4H,1-2H3. The third-order valence-electron chi connectivity index (χ3n) is 2.56. The van der Waals surface area contributed by atoms with E-state index in [0.717, 1.165) is 0 Å². The first-order valence-electron chi connectivity index (χ1n) is 5.05. The predicted octanol–water partition coefficient (Wildman–Crippen LogP) is 0.699. The number of rotatable bonds is 0. The van der Waals surface area contributed by atoms with E-state index < -0.39 is 0 Å². The Morgan fingerprint density at radius 3 is 1.22 bits per heavy atom. The van der Waals surface area contributed by atoms with Crippen LogP contribution in [0.3, 0.4) is 0 Å². The zero-order chi connectivity index (χ0) is 13.7. The van der Waals surface area contributed by atoms with E-state index in [0.29, 0.717) is 21.6 Å². The molecule has 1 rings (SSSR count). The molecule has 0 radical (unpaired) electrons. The van der Waals surface area contributed by atoms with E-state index >= 15 is 0 Å². The van der Waals surface area contributed by atoms with Crippen LogP contribution in [0, 0.1) is 59.2 Å². The van der Waals surface area contributed by atoms with Crippen molar-refractivity contribution in [2.75, 3.05) is 0 Å². The maximum absolute atomic E-state index is 8.85. The second-order valence-corrected chi connectivity index (χ2v) is 3.68. The van der Waals surface area contributed by atoms with Crippen molar-refractivity contribution in [1.29, 1.82) is 21.0 Å². The van der Waals surface area contributed by atoms with E-state index in [-0.39, 0.29) is 11.1 Å². The summed E-state index contributed by atoms with van der Waals surface area (Å²) >= 11 is 0. The monoisotopic (exact) mass is 232 g/mol. The van der Waals surface area contributed by atoms with Gasteiger partial charge in [0.25, 0.3) is 0 Å². The number of hydrogen-bond donors (Lipinski definition) is 0. The first kappa shape index (κ1) is 13.0. The zero-order valence-corrected chi connectivity index (χ0v) is 9.94. The van der Waals surface area contributed by atoms with Crippen molar-refractivity contribution in [2.45, 2.75) is 13.8 Å². The minimum absolute atomic E-state index is 0.0256. The van der Waals surface area contributed by atoms with E-state index in [1.54, 1.807) is 26.0 Å². The Morgan fingerprint density at radius 2 is 1.00 bits per heavy atom. The van der Waals surface area contributed by atoms with Gasteiger partial charge in [0, 0.05) is 10.4 Å². The van der Waals surface area contributed by atoms with Crippen molar-refractivity contribution in [3.05, 3.63) is 33.7 Å². The Balaban J connectivity index is 3.96. The normalized spacial score (nSPS) is 8.33. The van der Waals surface area contributed by atoms with Crippen molar-refractivity contribution in [2.24, 2.45) is 0 Å². The number of nitrogens with zero attached hydrogens (tertiary/aromatic N) is 4. The molecular formula is C14H8N4. The molecule has 0 fully saturated rings. The van der Waals surface area contributed by atoms with Crippen LogP contribution in [0.1, 0.15) is 11.1 Å². The summed E-state index contributed by atoms with van der Waals surface area (Å²) in [5.74, 6) is 0. The molecule has 4 nitrogen and oxygen atoms in total. The lowest BCUT2D eigenvalue weighted by Gasteiger charge is -2.00. The van der Waals surface area contributed by atoms with Crippen molar-refractivity contribution in [3.63, 3.8) is 0 Å². The van der Waals surface area contributed by atoms with Crippen LogP contribution in [0.4, 0.5) is 0 Å². The summed E-state index contributed by atoms with van der Waals surface area (Å²) in [5.41, 5.74) is 1.43. The average molecular weight is 232 g/mol. The van der Waals surface area contributed by atoms with Gasteiger partial charge in [-0.3, -0.25) is 0 Å². The summed E-state index contributed by atoms with van der Waals surface area (Å²) in [6, 6.07) is 10.6. The van der Waals surface area contributed by atoms with Gasteiger partial charge in [0.2, 0.25) is 0 Å². The van der Waals surface area contributed by atoms with E-state index in [1.807, 2.05) is 24.3 Å². The number of nitriles is 4. The molecule has 0 unspecified atom stereocenters. The molecule has 1 aromatic rings. The van der Waals surface area contributed by atoms with Crippen LogP contribution in [0.5, 0.6) is 0 Å². The second-order valence-electron chi connectivity index (χ2n) is 3.68. The molecular weight excluding hydrogens is 224 g/mol. The molecule has 0 aliphatic heterocycles. The zero-order valence-electron chi connectivity index (χ0n) is 9.94. The molecule has 0 atom stereocenters. The first-order chi connectivity index (χ1) is 8.58. The molecule has 0 N–H and O–H groups in total. The minimum Gasteiger partial charge on any atom is -0.192 e. The molecule has 0 amide bonds. The molecule has 0 saturated heterocycles. The van der Waals surface area contributed by atoms with Crippen molar-refractivity contribution < 1.29 is 0 Å². The van der Waals surface area contributed by atoms with Gasteiger partial charge in [0.15, 0.2) is 0 Å². The van der Waals surface area contributed by atoms with Crippen LogP contribution >= 0.6 is 0 Å². The molecule has 0 aliphatic carbocycles. The lowest BCUT2D eigenvalue weighted by molar-refractivity contribution is 1.29. The Labute approximate surface area is 105 Å². The van der Waals surface area contributed by atoms with E-state index in [9.17, 15) is 0 Å². The van der Waals surface area contributed by atoms with Gasteiger partial charge in [-0.2, -0.15) is 21.0 Å². The third kappa shape index (κ3) is 2.19. The summed E-state index contributed by atoms with van der Waals surface area (Å²) in [7, 11) is 0. The summed E-state index contributed by atoms with van der Waals surface area (Å²) in [6.07, 6.45) is 0. The van der Waals surface area contributed by atoms with Gasteiger partial charge in [-0.25, -0.2) is 0 Å². The van der Waals surface area contributed by atoms with Crippen molar-refractivity contribution >= 4 is 11.1 Å². The van der Waals surface area contributed by atoms with Crippen LogP contribution in [-0.2, 0) is 0 Å². The van der Waals surface area contributed by atoms with Crippen molar-refractivity contribution in [1.82, 2.24) is 0 Å². The van der Waals surface area contributed by atoms with Gasteiger partial charge in [0.1, 0.15) is 35.4 Å². The maximum Gasteiger partial charge on any atom is 0.137 e. The molecule has 0 heterocycles. The van der Waals surface area contributed by atoms with Gasteiger partial charge in [-0.1, -0.05) is 0 Å². The minimum atomic E-state index is 0.0256. The molecule has 0 spiro atoms. The van der Waals surface area contributed by atoms with Crippen LogP contribution in [0.15, 0.2) is 12.1 Å². The fourth-order valence-corrected chi connectivity index (χ4v) is 1.65. The van der Waals surface area contributed by atoms with Crippen molar-refractivity contribution in [3.8, 4) is 24.3 Å². The topological polar surface area (TPSA) is 95.2 Å². The first-order valence-corrected chi connectivity index (χ1v) is 5.05. The summed E-state index contributed by atoms with van der Waals surface area (Å²) in [6.45, 7) is 3.47. The molecule has 1 aromatic carbocycles. The Bertz CT molecular complexity index is 685. The Morgan fingerprint density at radius 1 is 0.722 bits per heavy atom. The highest BCUT2D eigenvalue weighted by molar-refractivity contribution is 5.75. The van der Waals surface area contributed by atoms with Crippen LogP contribution < -0.4 is 10.4 Å². The number of benzene rings is 1. The van der Waals surface area contributed by atoms with Crippen LogP contribution in [0.25, 0.3) is 11.1 Å². The van der Waals surface area contributed by atoms with Gasteiger partial charge < -0.3 is 0 Å². The van der Waals surface area contributed by atoms with Gasteiger partial charge >= 0.3 is 0 Å². The molecule has 18 heavy (non-hydrogen) atoms. The number of hydrogen-bond acceptors (Lipinski definition) is 4. The highest BCUT2D eigenvalue weighted by Crippen LogP contribution is 1.97. The molecule has 0 aliphatic rings. The lowest BCUT2D eigenvalue weighted by atomic mass is 10.0. The smallest absolute Gasteiger partial charge is 0.137 e. The molecule has 0 bridgehead atoms. The van der Waals surface area contributed by atoms with E-state index in [4.69, 9.17) is 21.0 Å². The maximum atomic E-state index is 8.85. The molecule has 0 aromatic heterocycles. The van der Waals surface area contributed by atoms with Crippen LogP contribution in [0.2, 0.25) is 0 Å². The number of aryl methyl sites for hydroxylation is 2. The summed E-state index contributed by atoms with van der Waals surface area (Å²) in [5, 5.41) is 36.5. The van der Waals surface area contributed by atoms with Gasteiger partial charge in [-0.05, 0) is 37.1 Å². The van der Waals surface area contributed by atoms with Gasteiger partial charge in [-0.15, -0.1) is 0 Å². The molecule has 0 saturated carbocycles. The second kappa shape index (κ2) is 5.31.